The zero-order valence-electron chi connectivity index (χ0n) is 6.53. The Hall–Kier alpha value is -0.0800. The summed E-state index contributed by atoms with van der Waals surface area (Å²) in [6.07, 6.45) is 6.34. The fourth-order valence-corrected chi connectivity index (χ4v) is 1.52. The van der Waals surface area contributed by atoms with E-state index in [2.05, 4.69) is 5.32 Å². The van der Waals surface area contributed by atoms with Crippen molar-refractivity contribution in [3.05, 3.63) is 0 Å². The van der Waals surface area contributed by atoms with Crippen LogP contribution < -0.4 is 5.32 Å². The third-order valence-electron chi connectivity index (χ3n) is 2.14. The molecule has 2 heteroatoms. The van der Waals surface area contributed by atoms with Gasteiger partial charge in [0.2, 0.25) is 0 Å². The minimum Gasteiger partial charge on any atom is -0.445 e. The minimum absolute atomic E-state index is 0.595. The van der Waals surface area contributed by atoms with Crippen molar-refractivity contribution in [2.45, 2.75) is 38.1 Å². The summed E-state index contributed by atoms with van der Waals surface area (Å²) < 4.78 is 0. The van der Waals surface area contributed by atoms with Crippen LogP contribution in [0.3, 0.4) is 0 Å². The predicted octanol–water partition coefficient (Wildman–Crippen LogP) is 0.633. The first-order valence-corrected chi connectivity index (χ1v) is 4.31. The molecule has 0 amide bonds. The van der Waals surface area contributed by atoms with Gasteiger partial charge in [-0.1, -0.05) is 6.42 Å². The Bertz CT molecular complexity index is 79.3. The largest absolute Gasteiger partial charge is 0.445 e. The summed E-state index contributed by atoms with van der Waals surface area (Å²) in [5, 5.41) is 10.5. The number of piperidine rings is 1. The molecule has 10 heavy (non-hydrogen) atoms. The van der Waals surface area contributed by atoms with Gasteiger partial charge in [-0.25, -0.2) is 0 Å². The van der Waals surface area contributed by atoms with Crippen molar-refractivity contribution >= 4 is 0 Å². The first-order chi connectivity index (χ1) is 4.93. The van der Waals surface area contributed by atoms with Gasteiger partial charge in [-0.2, -0.15) is 0 Å². The van der Waals surface area contributed by atoms with Crippen LogP contribution in [0.1, 0.15) is 32.1 Å². The summed E-state index contributed by atoms with van der Waals surface area (Å²) in [4.78, 5) is 0. The Morgan fingerprint density at radius 3 is 2.90 bits per heavy atom. The van der Waals surface area contributed by atoms with Crippen LogP contribution in [0.25, 0.3) is 0 Å². The Labute approximate surface area is 62.6 Å². The molecule has 1 aliphatic rings. The monoisotopic (exact) mass is 144 g/mol. The summed E-state index contributed by atoms with van der Waals surface area (Å²) in [6.45, 7) is 1.79. The van der Waals surface area contributed by atoms with E-state index in [-0.39, 0.29) is 0 Å². The van der Waals surface area contributed by atoms with Gasteiger partial charge in [0, 0.05) is 12.5 Å². The molecule has 1 heterocycles. The molecule has 1 saturated heterocycles. The molecule has 0 aromatic heterocycles. The molecule has 0 spiro atoms. The zero-order chi connectivity index (χ0) is 7.23. The second-order valence-electron chi connectivity index (χ2n) is 3.04. The molecule has 0 aromatic carbocycles. The average Bonchev–Trinajstić information content (AvgIpc) is 2.03. The van der Waals surface area contributed by atoms with Crippen molar-refractivity contribution in [1.29, 1.82) is 0 Å². The van der Waals surface area contributed by atoms with Crippen molar-refractivity contribution in [3.8, 4) is 0 Å². The van der Waals surface area contributed by atoms with Gasteiger partial charge in [-0.05, 0) is 25.8 Å². The molecular weight excluding hydrogens is 126 g/mol. The van der Waals surface area contributed by atoms with E-state index in [1.165, 1.54) is 32.2 Å². The zero-order valence-corrected chi connectivity index (χ0v) is 6.53. The number of rotatable bonds is 3. The molecule has 0 saturated carbocycles. The van der Waals surface area contributed by atoms with Gasteiger partial charge < -0.3 is 10.4 Å². The highest BCUT2D eigenvalue weighted by Gasteiger charge is 2.11. The highest BCUT2D eigenvalue weighted by Crippen LogP contribution is 2.10. The van der Waals surface area contributed by atoms with E-state index in [0.29, 0.717) is 6.61 Å². The van der Waals surface area contributed by atoms with E-state index in [9.17, 15) is 0 Å². The summed E-state index contributed by atoms with van der Waals surface area (Å²) in [7, 11) is 0. The number of hydrogen-bond acceptors (Lipinski definition) is 1. The summed E-state index contributed by atoms with van der Waals surface area (Å²) in [5.74, 6) is 0. The molecule has 0 bridgehead atoms. The molecule has 2 nitrogen and oxygen atoms in total. The van der Waals surface area contributed by atoms with Gasteiger partial charge in [0.1, 0.15) is 6.61 Å². The van der Waals surface area contributed by atoms with Gasteiger partial charge >= 0.3 is 0 Å². The van der Waals surface area contributed by atoms with Crippen LogP contribution in [-0.4, -0.2) is 24.3 Å². The van der Waals surface area contributed by atoms with Crippen LogP contribution in [0.15, 0.2) is 0 Å². The van der Waals surface area contributed by atoms with E-state index in [1.54, 1.807) is 0 Å². The fraction of sp³-hybridized carbons (Fsp3) is 1.00. The lowest BCUT2D eigenvalue weighted by Crippen LogP contribution is -2.33. The molecule has 60 valence electrons. The van der Waals surface area contributed by atoms with Gasteiger partial charge in [0.15, 0.2) is 0 Å². The Morgan fingerprint density at radius 1 is 1.40 bits per heavy atom. The SMILES string of the molecule is [OH2+]CCCC1CCCCN1. The van der Waals surface area contributed by atoms with Crippen molar-refractivity contribution in [2.24, 2.45) is 0 Å². The Balaban J connectivity index is 2.02. The molecule has 1 atom stereocenters. The molecule has 0 aliphatic carbocycles. The molecular formula is C8H18NO+. The van der Waals surface area contributed by atoms with Crippen molar-refractivity contribution in [2.75, 3.05) is 13.2 Å². The van der Waals surface area contributed by atoms with Crippen LogP contribution in [-0.2, 0) is 0 Å². The van der Waals surface area contributed by atoms with Crippen LogP contribution in [0, 0.1) is 0 Å². The number of nitrogens with one attached hydrogen (secondary N) is 1. The molecule has 0 radical (unpaired) electrons. The van der Waals surface area contributed by atoms with Crippen LogP contribution in [0.4, 0.5) is 0 Å². The molecule has 0 aromatic rings. The smallest absolute Gasteiger partial charge is 0.143 e. The number of hydrogen-bond donors (Lipinski definition) is 1. The third-order valence-corrected chi connectivity index (χ3v) is 2.14. The first kappa shape index (κ1) is 8.02. The second-order valence-corrected chi connectivity index (χ2v) is 3.04. The van der Waals surface area contributed by atoms with E-state index in [1.807, 2.05) is 0 Å². The maximum atomic E-state index is 6.99. The summed E-state index contributed by atoms with van der Waals surface area (Å²) >= 11 is 0. The van der Waals surface area contributed by atoms with E-state index >= 15 is 0 Å². The maximum Gasteiger partial charge on any atom is 0.143 e. The lowest BCUT2D eigenvalue weighted by atomic mass is 10.0. The van der Waals surface area contributed by atoms with Crippen LogP contribution in [0.2, 0.25) is 0 Å². The molecule has 1 rings (SSSR count). The molecule has 1 unspecified atom stereocenters. The maximum absolute atomic E-state index is 6.99. The highest BCUT2D eigenvalue weighted by atomic mass is 16.2. The van der Waals surface area contributed by atoms with Crippen molar-refractivity contribution in [3.63, 3.8) is 0 Å². The second kappa shape index (κ2) is 4.69. The van der Waals surface area contributed by atoms with Gasteiger partial charge in [-0.3, -0.25) is 0 Å². The lowest BCUT2D eigenvalue weighted by Gasteiger charge is -2.22. The predicted molar refractivity (Wildman–Crippen MR) is 43.4 cm³/mol. The van der Waals surface area contributed by atoms with E-state index in [0.717, 1.165) is 12.5 Å². The topological polar surface area (TPSA) is 34.9 Å². The quantitative estimate of drug-likeness (QED) is 0.579. The molecule has 1 fully saturated rings. The first-order valence-electron chi connectivity index (χ1n) is 4.31. The van der Waals surface area contributed by atoms with Crippen LogP contribution in [0.5, 0.6) is 0 Å². The lowest BCUT2D eigenvalue weighted by molar-refractivity contribution is 0.266. The van der Waals surface area contributed by atoms with Crippen molar-refractivity contribution < 1.29 is 5.11 Å². The van der Waals surface area contributed by atoms with E-state index < -0.39 is 0 Å². The van der Waals surface area contributed by atoms with E-state index in [4.69, 9.17) is 5.11 Å². The molecule has 1 aliphatic heterocycles. The van der Waals surface area contributed by atoms with Gasteiger partial charge in [0.05, 0.1) is 0 Å². The third kappa shape index (κ3) is 2.67. The highest BCUT2D eigenvalue weighted by molar-refractivity contribution is 4.71. The van der Waals surface area contributed by atoms with Gasteiger partial charge in [0.25, 0.3) is 0 Å². The van der Waals surface area contributed by atoms with Crippen LogP contribution >= 0.6 is 0 Å². The standard InChI is InChI=1S/C8H17NO/c10-7-3-5-8-4-1-2-6-9-8/h8-10H,1-7H2/p+1. The summed E-state index contributed by atoms with van der Waals surface area (Å²) in [5.41, 5.74) is 0. The average molecular weight is 144 g/mol. The van der Waals surface area contributed by atoms with Gasteiger partial charge in [-0.15, -0.1) is 0 Å². The summed E-state index contributed by atoms with van der Waals surface area (Å²) in [6, 6.07) is 0.735. The van der Waals surface area contributed by atoms with Crippen molar-refractivity contribution in [1.82, 2.24) is 5.32 Å². The minimum atomic E-state index is 0.595. The Kier molecular flexibility index (Phi) is 3.76. The molecule has 3 N–H and O–H groups in total. The Morgan fingerprint density at radius 2 is 2.30 bits per heavy atom. The normalized spacial score (nSPS) is 26.7. The fourth-order valence-electron chi connectivity index (χ4n) is 1.52.